The molecule has 3 rings (SSSR count). The van der Waals surface area contributed by atoms with Crippen LogP contribution in [0.25, 0.3) is 16.7 Å². The number of ether oxygens (including phenoxy) is 1. The van der Waals surface area contributed by atoms with E-state index in [2.05, 4.69) is 10.2 Å². The maximum Gasteiger partial charge on any atom is 0.146 e. The van der Waals surface area contributed by atoms with Crippen LogP contribution < -0.4 is 4.74 Å². The van der Waals surface area contributed by atoms with Gasteiger partial charge >= 0.3 is 0 Å². The van der Waals surface area contributed by atoms with E-state index in [0.29, 0.717) is 18.0 Å². The van der Waals surface area contributed by atoms with Gasteiger partial charge in [0.15, 0.2) is 0 Å². The molecule has 20 heavy (non-hydrogen) atoms. The van der Waals surface area contributed by atoms with E-state index >= 15 is 0 Å². The highest BCUT2D eigenvalue weighted by atomic mass is 16.5. The second-order valence-corrected chi connectivity index (χ2v) is 4.52. The molecule has 0 amide bonds. The molecule has 0 aliphatic carbocycles. The summed E-state index contributed by atoms with van der Waals surface area (Å²) in [5.74, 6) is 0.768. The van der Waals surface area contributed by atoms with Gasteiger partial charge in [-0.3, -0.25) is 0 Å². The van der Waals surface area contributed by atoms with E-state index in [4.69, 9.17) is 4.74 Å². The van der Waals surface area contributed by atoms with Crippen molar-refractivity contribution in [1.29, 1.82) is 0 Å². The second kappa shape index (κ2) is 4.85. The lowest BCUT2D eigenvalue weighted by molar-refractivity contribution is 0.335. The quantitative estimate of drug-likeness (QED) is 0.794. The molecule has 0 atom stereocenters. The van der Waals surface area contributed by atoms with Crippen LogP contribution in [0.3, 0.4) is 0 Å². The average Bonchev–Trinajstić information content (AvgIpc) is 2.86. The zero-order chi connectivity index (χ0) is 14.1. The van der Waals surface area contributed by atoms with Gasteiger partial charge in [-0.2, -0.15) is 0 Å². The number of aromatic hydroxyl groups is 1. The predicted octanol–water partition coefficient (Wildman–Crippen LogP) is 2.83. The topological polar surface area (TPSA) is 60.2 Å². The number of hydrogen-bond donors (Lipinski definition) is 1. The summed E-state index contributed by atoms with van der Waals surface area (Å²) in [5, 5.41) is 18.9. The zero-order valence-corrected chi connectivity index (χ0v) is 11.4. The van der Waals surface area contributed by atoms with Crippen LogP contribution in [0.5, 0.6) is 11.5 Å². The SMILES string of the molecule is CCOc1cc(O)c(-n2nc3ccccc3n2)cc1C. The van der Waals surface area contributed by atoms with Crippen LogP contribution in [0.15, 0.2) is 36.4 Å². The molecule has 0 radical (unpaired) electrons. The summed E-state index contributed by atoms with van der Waals surface area (Å²) in [6.45, 7) is 4.40. The standard InChI is InChI=1S/C15H15N3O2/c1-3-20-15-9-14(19)13(8-10(15)2)18-16-11-6-4-5-7-12(11)17-18/h4-9,19H,3H2,1-2H3. The third-order valence-corrected chi connectivity index (χ3v) is 3.07. The van der Waals surface area contributed by atoms with Gasteiger partial charge in [0.25, 0.3) is 0 Å². The Balaban J connectivity index is 2.11. The summed E-state index contributed by atoms with van der Waals surface area (Å²) in [6, 6.07) is 11.0. The Morgan fingerprint density at radius 3 is 2.40 bits per heavy atom. The normalized spacial score (nSPS) is 10.9. The van der Waals surface area contributed by atoms with Gasteiger partial charge < -0.3 is 9.84 Å². The summed E-state index contributed by atoms with van der Waals surface area (Å²) in [6.07, 6.45) is 0. The summed E-state index contributed by atoms with van der Waals surface area (Å²) >= 11 is 0. The molecule has 1 heterocycles. The van der Waals surface area contributed by atoms with Crippen LogP contribution >= 0.6 is 0 Å². The number of nitrogens with zero attached hydrogens (tertiary/aromatic N) is 3. The molecule has 0 unspecified atom stereocenters. The van der Waals surface area contributed by atoms with E-state index in [1.54, 1.807) is 6.07 Å². The maximum absolute atomic E-state index is 10.1. The number of hydrogen-bond acceptors (Lipinski definition) is 4. The van der Waals surface area contributed by atoms with Crippen molar-refractivity contribution in [2.75, 3.05) is 6.61 Å². The number of phenolic OH excluding ortho intramolecular Hbond substituents is 1. The third-order valence-electron chi connectivity index (χ3n) is 3.07. The van der Waals surface area contributed by atoms with Crippen molar-refractivity contribution >= 4 is 11.0 Å². The number of fused-ring (bicyclic) bond motifs is 1. The number of benzene rings is 2. The van der Waals surface area contributed by atoms with Crippen LogP contribution in [-0.4, -0.2) is 26.7 Å². The second-order valence-electron chi connectivity index (χ2n) is 4.52. The molecule has 5 heteroatoms. The van der Waals surface area contributed by atoms with Gasteiger partial charge in [-0.05, 0) is 37.6 Å². The average molecular weight is 269 g/mol. The number of aromatic nitrogens is 3. The molecular formula is C15H15N3O2. The summed E-state index contributed by atoms with van der Waals surface area (Å²) in [7, 11) is 0. The maximum atomic E-state index is 10.1. The Bertz CT molecular complexity index is 732. The number of rotatable bonds is 3. The first-order valence-electron chi connectivity index (χ1n) is 6.48. The van der Waals surface area contributed by atoms with Crippen LogP contribution in [0, 0.1) is 6.92 Å². The Hall–Kier alpha value is -2.56. The van der Waals surface area contributed by atoms with Crippen molar-refractivity contribution in [1.82, 2.24) is 15.0 Å². The molecule has 0 spiro atoms. The van der Waals surface area contributed by atoms with Crippen LogP contribution in [0.4, 0.5) is 0 Å². The number of aryl methyl sites for hydroxylation is 1. The molecular weight excluding hydrogens is 254 g/mol. The lowest BCUT2D eigenvalue weighted by Gasteiger charge is -2.10. The predicted molar refractivity (Wildman–Crippen MR) is 76.4 cm³/mol. The Labute approximate surface area is 116 Å². The van der Waals surface area contributed by atoms with Gasteiger partial charge in [-0.1, -0.05) is 12.1 Å². The van der Waals surface area contributed by atoms with Crippen LogP contribution in [0.1, 0.15) is 12.5 Å². The minimum absolute atomic E-state index is 0.0966. The first-order chi connectivity index (χ1) is 9.69. The van der Waals surface area contributed by atoms with Gasteiger partial charge in [0, 0.05) is 6.07 Å². The fourth-order valence-electron chi connectivity index (χ4n) is 2.10. The highest BCUT2D eigenvalue weighted by molar-refractivity contribution is 5.73. The highest BCUT2D eigenvalue weighted by Crippen LogP contribution is 2.30. The van der Waals surface area contributed by atoms with Crippen LogP contribution in [-0.2, 0) is 0 Å². The van der Waals surface area contributed by atoms with Gasteiger partial charge in [-0.15, -0.1) is 15.0 Å². The first kappa shape index (κ1) is 12.5. The molecule has 0 bridgehead atoms. The Kier molecular flexibility index (Phi) is 3.02. The van der Waals surface area contributed by atoms with Crippen molar-refractivity contribution in [2.45, 2.75) is 13.8 Å². The van der Waals surface area contributed by atoms with Crippen LogP contribution in [0.2, 0.25) is 0 Å². The molecule has 1 N–H and O–H groups in total. The van der Waals surface area contributed by atoms with Crippen molar-refractivity contribution in [3.8, 4) is 17.2 Å². The minimum atomic E-state index is 0.0966. The molecule has 102 valence electrons. The van der Waals surface area contributed by atoms with Gasteiger partial charge in [-0.25, -0.2) is 0 Å². The lowest BCUT2D eigenvalue weighted by Crippen LogP contribution is -2.01. The van der Waals surface area contributed by atoms with E-state index in [1.165, 1.54) is 4.80 Å². The lowest BCUT2D eigenvalue weighted by atomic mass is 10.2. The Morgan fingerprint density at radius 2 is 1.80 bits per heavy atom. The molecule has 0 aliphatic heterocycles. The molecule has 0 fully saturated rings. The fourth-order valence-corrected chi connectivity index (χ4v) is 2.10. The largest absolute Gasteiger partial charge is 0.505 e. The summed E-state index contributed by atoms with van der Waals surface area (Å²) < 4.78 is 5.46. The van der Waals surface area contributed by atoms with E-state index in [9.17, 15) is 5.11 Å². The van der Waals surface area contributed by atoms with E-state index < -0.39 is 0 Å². The zero-order valence-electron chi connectivity index (χ0n) is 11.4. The third kappa shape index (κ3) is 2.07. The van der Waals surface area contributed by atoms with E-state index in [-0.39, 0.29) is 5.75 Å². The molecule has 0 saturated carbocycles. The van der Waals surface area contributed by atoms with Crippen molar-refractivity contribution in [3.63, 3.8) is 0 Å². The monoisotopic (exact) mass is 269 g/mol. The van der Waals surface area contributed by atoms with E-state index in [0.717, 1.165) is 16.6 Å². The molecule has 0 saturated heterocycles. The Morgan fingerprint density at radius 1 is 1.15 bits per heavy atom. The first-order valence-corrected chi connectivity index (χ1v) is 6.48. The highest BCUT2D eigenvalue weighted by Gasteiger charge is 2.12. The fraction of sp³-hybridized carbons (Fsp3) is 0.200. The van der Waals surface area contributed by atoms with E-state index in [1.807, 2.05) is 44.2 Å². The van der Waals surface area contributed by atoms with Gasteiger partial charge in [0.2, 0.25) is 0 Å². The molecule has 1 aromatic heterocycles. The van der Waals surface area contributed by atoms with Crippen molar-refractivity contribution in [3.05, 3.63) is 42.0 Å². The van der Waals surface area contributed by atoms with Crippen molar-refractivity contribution in [2.24, 2.45) is 0 Å². The molecule has 3 aromatic rings. The molecule has 5 nitrogen and oxygen atoms in total. The van der Waals surface area contributed by atoms with Gasteiger partial charge in [0.1, 0.15) is 28.2 Å². The summed E-state index contributed by atoms with van der Waals surface area (Å²) in [4.78, 5) is 1.45. The van der Waals surface area contributed by atoms with Crippen molar-refractivity contribution < 1.29 is 9.84 Å². The number of phenols is 1. The summed E-state index contributed by atoms with van der Waals surface area (Å²) in [5.41, 5.74) is 3.06. The van der Waals surface area contributed by atoms with Gasteiger partial charge in [0.05, 0.1) is 6.61 Å². The molecule has 2 aromatic carbocycles. The smallest absolute Gasteiger partial charge is 0.146 e. The molecule has 0 aliphatic rings. The minimum Gasteiger partial charge on any atom is -0.505 e.